The van der Waals surface area contributed by atoms with Gasteiger partial charge in [-0.2, -0.15) is 0 Å². The maximum absolute atomic E-state index is 11.0. The fourth-order valence-corrected chi connectivity index (χ4v) is 2.06. The van der Waals surface area contributed by atoms with Crippen LogP contribution in [0.5, 0.6) is 0 Å². The monoisotopic (exact) mass is 243 g/mol. The van der Waals surface area contributed by atoms with E-state index < -0.39 is 0 Å². The molecule has 1 aliphatic heterocycles. The lowest BCUT2D eigenvalue weighted by Crippen LogP contribution is -2.48. The van der Waals surface area contributed by atoms with Crippen molar-refractivity contribution in [3.8, 4) is 0 Å². The molecule has 1 aliphatic rings. The Morgan fingerprint density at radius 3 is 2.41 bits per heavy atom. The van der Waals surface area contributed by atoms with Crippen LogP contribution in [0.15, 0.2) is 0 Å². The van der Waals surface area contributed by atoms with Crippen LogP contribution < -0.4 is 5.73 Å². The number of piperazine rings is 1. The molecule has 0 saturated carbocycles. The van der Waals surface area contributed by atoms with Crippen molar-refractivity contribution < 1.29 is 9.53 Å². The molecule has 0 aromatic heterocycles. The van der Waals surface area contributed by atoms with Crippen molar-refractivity contribution >= 4 is 5.97 Å². The van der Waals surface area contributed by atoms with Gasteiger partial charge in [-0.05, 0) is 12.5 Å². The number of nitrogens with two attached hydrogens (primary N) is 1. The van der Waals surface area contributed by atoms with E-state index in [1.54, 1.807) is 0 Å². The van der Waals surface area contributed by atoms with Gasteiger partial charge in [0.15, 0.2) is 0 Å². The van der Waals surface area contributed by atoms with E-state index in [0.717, 1.165) is 45.8 Å². The van der Waals surface area contributed by atoms with Crippen molar-refractivity contribution in [3.05, 3.63) is 0 Å². The van der Waals surface area contributed by atoms with Crippen LogP contribution in [0.1, 0.15) is 13.3 Å². The summed E-state index contributed by atoms with van der Waals surface area (Å²) in [4.78, 5) is 15.8. The Morgan fingerprint density at radius 1 is 1.29 bits per heavy atom. The summed E-state index contributed by atoms with van der Waals surface area (Å²) in [6.07, 6.45) is 0.496. The lowest BCUT2D eigenvalue weighted by atomic mass is 10.1. The Morgan fingerprint density at radius 2 is 1.88 bits per heavy atom. The number of esters is 1. The average Bonchev–Trinajstić information content (AvgIpc) is 2.37. The Hall–Kier alpha value is -0.650. The molecule has 0 aromatic carbocycles. The predicted octanol–water partition coefficient (Wildman–Crippen LogP) is -0.238. The molecule has 1 heterocycles. The molecule has 1 saturated heterocycles. The van der Waals surface area contributed by atoms with E-state index in [1.807, 2.05) is 0 Å². The summed E-state index contributed by atoms with van der Waals surface area (Å²) in [5, 5.41) is 0. The molecule has 0 bridgehead atoms. The summed E-state index contributed by atoms with van der Waals surface area (Å²) in [7, 11) is 1.44. The van der Waals surface area contributed by atoms with E-state index in [1.165, 1.54) is 7.11 Å². The highest BCUT2D eigenvalue weighted by Gasteiger charge is 2.18. The van der Waals surface area contributed by atoms with Crippen molar-refractivity contribution in [2.45, 2.75) is 13.3 Å². The highest BCUT2D eigenvalue weighted by atomic mass is 16.5. The van der Waals surface area contributed by atoms with Crippen molar-refractivity contribution in [2.75, 3.05) is 52.9 Å². The van der Waals surface area contributed by atoms with Crippen LogP contribution in [-0.2, 0) is 9.53 Å². The van der Waals surface area contributed by atoms with Gasteiger partial charge in [-0.1, -0.05) is 6.92 Å². The SMILES string of the molecule is COC(=O)CCN1CCN(CC(C)CN)CC1. The lowest BCUT2D eigenvalue weighted by Gasteiger charge is -2.35. The zero-order valence-corrected chi connectivity index (χ0v) is 11.0. The molecule has 0 radical (unpaired) electrons. The first-order chi connectivity index (χ1) is 8.15. The topological polar surface area (TPSA) is 58.8 Å². The van der Waals surface area contributed by atoms with E-state index >= 15 is 0 Å². The van der Waals surface area contributed by atoms with Gasteiger partial charge in [0.25, 0.3) is 0 Å². The van der Waals surface area contributed by atoms with Crippen molar-refractivity contribution in [3.63, 3.8) is 0 Å². The molecule has 5 heteroatoms. The molecule has 17 heavy (non-hydrogen) atoms. The normalized spacial score (nSPS) is 20.2. The summed E-state index contributed by atoms with van der Waals surface area (Å²) in [6.45, 7) is 9.06. The molecule has 0 amide bonds. The van der Waals surface area contributed by atoms with Crippen LogP contribution in [0, 0.1) is 5.92 Å². The van der Waals surface area contributed by atoms with Gasteiger partial charge in [0.05, 0.1) is 13.5 Å². The van der Waals surface area contributed by atoms with Crippen LogP contribution in [-0.4, -0.2) is 68.7 Å². The van der Waals surface area contributed by atoms with Crippen LogP contribution in [0.2, 0.25) is 0 Å². The lowest BCUT2D eigenvalue weighted by molar-refractivity contribution is -0.141. The molecule has 0 spiro atoms. The molecular formula is C12H25N3O2. The number of carbonyl (C=O) groups is 1. The Kier molecular flexibility index (Phi) is 6.47. The van der Waals surface area contributed by atoms with Gasteiger partial charge in [-0.3, -0.25) is 4.79 Å². The smallest absolute Gasteiger partial charge is 0.306 e. The van der Waals surface area contributed by atoms with E-state index in [9.17, 15) is 4.79 Å². The number of hydrogen-bond acceptors (Lipinski definition) is 5. The number of hydrogen-bond donors (Lipinski definition) is 1. The first kappa shape index (κ1) is 14.4. The summed E-state index contributed by atoms with van der Waals surface area (Å²) >= 11 is 0. The molecule has 1 fully saturated rings. The van der Waals surface area contributed by atoms with E-state index in [4.69, 9.17) is 5.73 Å². The van der Waals surface area contributed by atoms with Gasteiger partial charge in [-0.25, -0.2) is 0 Å². The number of nitrogens with zero attached hydrogens (tertiary/aromatic N) is 2. The van der Waals surface area contributed by atoms with Gasteiger partial charge in [-0.15, -0.1) is 0 Å². The second kappa shape index (κ2) is 7.63. The second-order valence-corrected chi connectivity index (χ2v) is 4.81. The fourth-order valence-electron chi connectivity index (χ4n) is 2.06. The predicted molar refractivity (Wildman–Crippen MR) is 67.7 cm³/mol. The third kappa shape index (κ3) is 5.48. The number of methoxy groups -OCH3 is 1. The minimum Gasteiger partial charge on any atom is -0.469 e. The van der Waals surface area contributed by atoms with Crippen LogP contribution in [0.3, 0.4) is 0 Å². The first-order valence-electron chi connectivity index (χ1n) is 6.37. The van der Waals surface area contributed by atoms with Gasteiger partial charge >= 0.3 is 5.97 Å². The summed E-state index contributed by atoms with van der Waals surface area (Å²) < 4.78 is 4.64. The third-order valence-corrected chi connectivity index (χ3v) is 3.30. The summed E-state index contributed by atoms with van der Waals surface area (Å²) in [5.41, 5.74) is 5.62. The Balaban J connectivity index is 2.15. The maximum atomic E-state index is 11.0. The van der Waals surface area contributed by atoms with Gasteiger partial charge in [0.2, 0.25) is 0 Å². The van der Waals surface area contributed by atoms with Gasteiger partial charge < -0.3 is 20.3 Å². The van der Waals surface area contributed by atoms with Crippen molar-refractivity contribution in [1.29, 1.82) is 0 Å². The highest BCUT2D eigenvalue weighted by Crippen LogP contribution is 2.05. The van der Waals surface area contributed by atoms with Crippen molar-refractivity contribution in [2.24, 2.45) is 11.7 Å². The van der Waals surface area contributed by atoms with Crippen molar-refractivity contribution in [1.82, 2.24) is 9.80 Å². The third-order valence-electron chi connectivity index (χ3n) is 3.30. The van der Waals surface area contributed by atoms with E-state index in [2.05, 4.69) is 21.5 Å². The molecule has 1 unspecified atom stereocenters. The molecule has 5 nitrogen and oxygen atoms in total. The number of rotatable bonds is 6. The molecule has 2 N–H and O–H groups in total. The molecule has 100 valence electrons. The molecular weight excluding hydrogens is 218 g/mol. The standard InChI is InChI=1S/C12H25N3O2/c1-11(9-13)10-15-7-5-14(6-8-15)4-3-12(16)17-2/h11H,3-10,13H2,1-2H3. The molecule has 0 aliphatic carbocycles. The zero-order valence-electron chi connectivity index (χ0n) is 11.0. The van der Waals surface area contributed by atoms with Crippen LogP contribution >= 0.6 is 0 Å². The quantitative estimate of drug-likeness (QED) is 0.653. The Bertz CT molecular complexity index is 228. The zero-order chi connectivity index (χ0) is 12.7. The van der Waals surface area contributed by atoms with Gasteiger partial charge in [0, 0.05) is 39.3 Å². The average molecular weight is 243 g/mol. The largest absolute Gasteiger partial charge is 0.469 e. The minimum atomic E-state index is -0.121. The summed E-state index contributed by atoms with van der Waals surface area (Å²) in [6, 6.07) is 0. The number of carbonyl (C=O) groups excluding carboxylic acids is 1. The second-order valence-electron chi connectivity index (χ2n) is 4.81. The maximum Gasteiger partial charge on any atom is 0.306 e. The van der Waals surface area contributed by atoms with Crippen LogP contribution in [0.25, 0.3) is 0 Å². The fraction of sp³-hybridized carbons (Fsp3) is 0.917. The van der Waals surface area contributed by atoms with Gasteiger partial charge in [0.1, 0.15) is 0 Å². The van der Waals surface area contributed by atoms with E-state index in [0.29, 0.717) is 12.3 Å². The Labute approximate surface area is 104 Å². The molecule has 1 atom stereocenters. The molecule has 0 aromatic rings. The van der Waals surface area contributed by atoms with Crippen LogP contribution in [0.4, 0.5) is 0 Å². The van der Waals surface area contributed by atoms with E-state index in [-0.39, 0.29) is 5.97 Å². The molecule has 1 rings (SSSR count). The number of ether oxygens (including phenoxy) is 1. The minimum absolute atomic E-state index is 0.121. The highest BCUT2D eigenvalue weighted by molar-refractivity contribution is 5.69. The summed E-state index contributed by atoms with van der Waals surface area (Å²) in [5.74, 6) is 0.445. The first-order valence-corrected chi connectivity index (χ1v) is 6.37.